The van der Waals surface area contributed by atoms with Crippen molar-refractivity contribution in [3.05, 3.63) is 0 Å². The molecule has 0 aliphatic rings. The summed E-state index contributed by atoms with van der Waals surface area (Å²) in [5.74, 6) is -1.29. The standard InChI is InChI=1S/C2H3ClO2.H3P/c3-1-2(4)5;/h1H2,(H,4,5);1H3/p+1. The zero-order chi connectivity index (χ0) is 4.28. The molecule has 0 rings (SSSR count). The Labute approximate surface area is 44.1 Å². The van der Waals surface area contributed by atoms with Gasteiger partial charge in [0.1, 0.15) is 5.88 Å². The molecule has 0 amide bonds. The molecular formula is C2H7ClO2P+. The van der Waals surface area contributed by atoms with Crippen molar-refractivity contribution in [2.75, 3.05) is 5.88 Å². The molecule has 4 heteroatoms. The Morgan fingerprint density at radius 1 is 1.83 bits per heavy atom. The second-order valence-corrected chi connectivity index (χ2v) is 0.795. The van der Waals surface area contributed by atoms with Gasteiger partial charge in [-0.1, -0.05) is 0 Å². The molecule has 6 heavy (non-hydrogen) atoms. The molecule has 0 aromatic rings. The Hall–Kier alpha value is 0.190. The fraction of sp³-hybridized carbons (Fsp3) is 0.500. The molecule has 1 N–H and O–H groups in total. The average molecular weight is 130 g/mol. The van der Waals surface area contributed by atoms with Crippen LogP contribution in [0.2, 0.25) is 0 Å². The van der Waals surface area contributed by atoms with Gasteiger partial charge in [-0.3, -0.25) is 4.79 Å². The zero-order valence-electron chi connectivity index (χ0n) is 3.44. The third kappa shape index (κ3) is 8.89. The van der Waals surface area contributed by atoms with Crippen molar-refractivity contribution in [1.29, 1.82) is 0 Å². The molecule has 0 saturated carbocycles. The molecule has 0 radical (unpaired) electrons. The summed E-state index contributed by atoms with van der Waals surface area (Å²) in [7, 11) is 0. The lowest BCUT2D eigenvalue weighted by Gasteiger charge is -1.69. The minimum atomic E-state index is -0.980. The molecule has 0 saturated heterocycles. The van der Waals surface area contributed by atoms with Gasteiger partial charge in [0.2, 0.25) is 0 Å². The van der Waals surface area contributed by atoms with Crippen LogP contribution in [0.3, 0.4) is 0 Å². The molecule has 0 fully saturated rings. The summed E-state index contributed by atoms with van der Waals surface area (Å²) in [6.07, 6.45) is 0. The second kappa shape index (κ2) is 5.19. The fourth-order valence-corrected chi connectivity index (χ4v) is 0. The summed E-state index contributed by atoms with van der Waals surface area (Å²) in [4.78, 5) is 9.24. The third-order valence-corrected chi connectivity index (χ3v) is 0.343. The number of carboxylic acids is 1. The van der Waals surface area contributed by atoms with Gasteiger partial charge in [-0.2, -0.15) is 0 Å². The predicted octanol–water partition coefficient (Wildman–Crippen LogP) is 0.100. The van der Waals surface area contributed by atoms with Crippen molar-refractivity contribution in [2.45, 2.75) is 0 Å². The Morgan fingerprint density at radius 2 is 2.00 bits per heavy atom. The molecule has 0 heterocycles. The predicted molar refractivity (Wildman–Crippen MR) is 30.9 cm³/mol. The first-order valence-corrected chi connectivity index (χ1v) is 1.58. The first-order chi connectivity index (χ1) is 2.27. The van der Waals surface area contributed by atoms with Gasteiger partial charge in [0.25, 0.3) is 0 Å². The number of hydrogen-bond acceptors (Lipinski definition) is 1. The van der Waals surface area contributed by atoms with Gasteiger partial charge in [-0.25, -0.2) is 0 Å². The van der Waals surface area contributed by atoms with Crippen molar-refractivity contribution < 1.29 is 9.90 Å². The van der Waals surface area contributed by atoms with Crippen molar-refractivity contribution in [2.24, 2.45) is 0 Å². The smallest absolute Gasteiger partial charge is 0.318 e. The van der Waals surface area contributed by atoms with Crippen LogP contribution in [-0.4, -0.2) is 17.0 Å². The van der Waals surface area contributed by atoms with Crippen LogP contribution in [0.4, 0.5) is 0 Å². The molecule has 0 aliphatic carbocycles. The summed E-state index contributed by atoms with van der Waals surface area (Å²) >= 11 is 4.74. The summed E-state index contributed by atoms with van der Waals surface area (Å²) < 4.78 is 0. The van der Waals surface area contributed by atoms with Crippen LogP contribution < -0.4 is 0 Å². The first kappa shape index (κ1) is 9.50. The van der Waals surface area contributed by atoms with Gasteiger partial charge >= 0.3 is 5.97 Å². The van der Waals surface area contributed by atoms with Crippen LogP contribution in [0.25, 0.3) is 0 Å². The molecule has 38 valence electrons. The lowest BCUT2D eigenvalue weighted by Crippen LogP contribution is -1.92. The molecular weight excluding hydrogens is 122 g/mol. The Balaban J connectivity index is 0. The summed E-state index contributed by atoms with van der Waals surface area (Å²) in [5.41, 5.74) is 0. The molecule has 1 unspecified atom stereocenters. The van der Waals surface area contributed by atoms with Crippen molar-refractivity contribution in [3.63, 3.8) is 0 Å². The van der Waals surface area contributed by atoms with E-state index < -0.39 is 5.97 Å². The van der Waals surface area contributed by atoms with Gasteiger partial charge in [0.15, 0.2) is 0 Å². The maximum atomic E-state index is 9.24. The quantitative estimate of drug-likeness (QED) is 0.403. The van der Waals surface area contributed by atoms with E-state index in [1.807, 2.05) is 0 Å². The van der Waals surface area contributed by atoms with Crippen molar-refractivity contribution in [1.82, 2.24) is 0 Å². The number of aliphatic carboxylic acids is 1. The van der Waals surface area contributed by atoms with Gasteiger partial charge in [-0.05, 0) is 9.90 Å². The summed E-state index contributed by atoms with van der Waals surface area (Å²) in [6, 6.07) is 0. The van der Waals surface area contributed by atoms with E-state index in [4.69, 9.17) is 16.7 Å². The number of carboxylic acid groups (broad SMARTS) is 1. The Bertz CT molecular complexity index is 46.8. The summed E-state index contributed by atoms with van der Waals surface area (Å²) in [5, 5.41) is 7.59. The van der Waals surface area contributed by atoms with E-state index in [9.17, 15) is 4.79 Å². The third-order valence-electron chi connectivity index (χ3n) is 0.114. The minimum Gasteiger partial charge on any atom is -0.480 e. The van der Waals surface area contributed by atoms with Crippen LogP contribution in [0, 0.1) is 0 Å². The highest BCUT2D eigenvalue weighted by Crippen LogP contribution is 1.67. The second-order valence-electron chi connectivity index (χ2n) is 0.527. The number of alkyl halides is 1. The lowest BCUT2D eigenvalue weighted by molar-refractivity contribution is -0.134. The number of rotatable bonds is 1. The largest absolute Gasteiger partial charge is 0.480 e. The molecule has 0 aromatic heterocycles. The van der Waals surface area contributed by atoms with Crippen molar-refractivity contribution >= 4 is 27.5 Å². The monoisotopic (exact) mass is 129 g/mol. The van der Waals surface area contributed by atoms with Crippen LogP contribution in [0.15, 0.2) is 0 Å². The molecule has 0 spiro atoms. The highest BCUT2D eigenvalue weighted by atomic mass is 35.5. The summed E-state index contributed by atoms with van der Waals surface area (Å²) in [6.45, 7) is 0. The van der Waals surface area contributed by atoms with E-state index >= 15 is 0 Å². The maximum Gasteiger partial charge on any atom is 0.318 e. The Morgan fingerprint density at radius 3 is 2.00 bits per heavy atom. The van der Waals surface area contributed by atoms with E-state index in [1.54, 1.807) is 0 Å². The topological polar surface area (TPSA) is 37.3 Å². The average Bonchev–Trinajstić information content (AvgIpc) is 1.38. The van der Waals surface area contributed by atoms with E-state index in [0.29, 0.717) is 0 Å². The molecule has 1 atom stereocenters. The zero-order valence-corrected chi connectivity index (χ0v) is 6.20. The van der Waals surface area contributed by atoms with Crippen LogP contribution in [0.1, 0.15) is 0 Å². The SMILES string of the molecule is O=C(O)CCl.[PH4+]. The van der Waals surface area contributed by atoms with Crippen LogP contribution in [-0.2, 0) is 4.79 Å². The van der Waals surface area contributed by atoms with Gasteiger partial charge in [0, 0.05) is 0 Å². The van der Waals surface area contributed by atoms with Crippen LogP contribution in [0.5, 0.6) is 0 Å². The maximum absolute atomic E-state index is 9.24. The number of carbonyl (C=O) groups is 1. The van der Waals surface area contributed by atoms with Crippen molar-refractivity contribution in [3.8, 4) is 0 Å². The molecule has 2 nitrogen and oxygen atoms in total. The van der Waals surface area contributed by atoms with Gasteiger partial charge in [0.05, 0.1) is 0 Å². The van der Waals surface area contributed by atoms with Crippen LogP contribution >= 0.6 is 21.5 Å². The van der Waals surface area contributed by atoms with E-state index in [-0.39, 0.29) is 15.8 Å². The fourth-order valence-electron chi connectivity index (χ4n) is 0. The van der Waals surface area contributed by atoms with E-state index in [1.165, 1.54) is 0 Å². The van der Waals surface area contributed by atoms with E-state index in [0.717, 1.165) is 0 Å². The normalized spacial score (nSPS) is 6.17. The van der Waals surface area contributed by atoms with E-state index in [2.05, 4.69) is 0 Å². The number of hydrogen-bond donors (Lipinski definition) is 1. The minimum absolute atomic E-state index is 0. The Kier molecular flexibility index (Phi) is 8.22. The lowest BCUT2D eigenvalue weighted by atomic mass is 10.8. The molecule has 0 bridgehead atoms. The van der Waals surface area contributed by atoms with Gasteiger partial charge in [-0.15, -0.1) is 11.6 Å². The number of halogens is 1. The highest BCUT2D eigenvalue weighted by Gasteiger charge is 1.83. The highest BCUT2D eigenvalue weighted by molar-refractivity contribution is 6.92. The molecule has 0 aliphatic heterocycles. The first-order valence-electron chi connectivity index (χ1n) is 1.05. The molecule has 0 aromatic carbocycles. The van der Waals surface area contributed by atoms with Gasteiger partial charge < -0.3 is 5.11 Å².